The highest BCUT2D eigenvalue weighted by molar-refractivity contribution is 7.89. The van der Waals surface area contributed by atoms with Crippen molar-refractivity contribution in [2.75, 3.05) is 6.61 Å². The zero-order valence-electron chi connectivity index (χ0n) is 16.4. The normalized spacial score (nSPS) is 13.4. The van der Waals surface area contributed by atoms with Crippen LogP contribution in [-0.4, -0.2) is 29.5 Å². The first-order chi connectivity index (χ1) is 13.1. The van der Waals surface area contributed by atoms with Crippen LogP contribution in [0, 0.1) is 13.8 Å². The Balaban J connectivity index is 2.12. The summed E-state index contributed by atoms with van der Waals surface area (Å²) in [6.07, 6.45) is 2.08. The summed E-state index contributed by atoms with van der Waals surface area (Å²) in [7, 11) is -7.73. The topological polar surface area (TPSA) is 89.5 Å². The maximum atomic E-state index is 12.6. The summed E-state index contributed by atoms with van der Waals surface area (Å²) in [6, 6.07) is 12.2. The van der Waals surface area contributed by atoms with Gasteiger partial charge in [-0.2, -0.15) is 8.42 Å². The van der Waals surface area contributed by atoms with Gasteiger partial charge in [0.05, 0.1) is 16.4 Å². The predicted octanol–water partition coefficient (Wildman–Crippen LogP) is 3.55. The van der Waals surface area contributed by atoms with Crippen molar-refractivity contribution in [3.63, 3.8) is 0 Å². The van der Waals surface area contributed by atoms with E-state index in [1.165, 1.54) is 24.3 Å². The molecule has 0 saturated carbocycles. The maximum Gasteiger partial charge on any atom is 0.297 e. The van der Waals surface area contributed by atoms with Crippen molar-refractivity contribution < 1.29 is 21.0 Å². The molecular weight excluding hydrogens is 398 g/mol. The molecule has 0 bridgehead atoms. The van der Waals surface area contributed by atoms with Gasteiger partial charge >= 0.3 is 0 Å². The molecule has 2 aromatic carbocycles. The van der Waals surface area contributed by atoms with E-state index in [4.69, 9.17) is 4.18 Å². The lowest BCUT2D eigenvalue weighted by Gasteiger charge is -2.19. The van der Waals surface area contributed by atoms with Crippen molar-refractivity contribution in [3.05, 3.63) is 59.7 Å². The molecule has 154 valence electrons. The Kier molecular flexibility index (Phi) is 7.77. The molecule has 8 heteroatoms. The number of hydrogen-bond acceptors (Lipinski definition) is 5. The molecule has 0 aliphatic rings. The van der Waals surface area contributed by atoms with Gasteiger partial charge in [0.15, 0.2) is 0 Å². The molecule has 0 amide bonds. The van der Waals surface area contributed by atoms with Crippen LogP contribution in [0.1, 0.15) is 37.3 Å². The molecule has 0 spiro atoms. The van der Waals surface area contributed by atoms with Gasteiger partial charge in [0.25, 0.3) is 10.1 Å². The molecule has 0 radical (unpaired) electrons. The van der Waals surface area contributed by atoms with Crippen LogP contribution in [0.5, 0.6) is 0 Å². The van der Waals surface area contributed by atoms with Gasteiger partial charge in [-0.1, -0.05) is 55.2 Å². The minimum atomic E-state index is -3.96. The van der Waals surface area contributed by atoms with E-state index < -0.39 is 26.2 Å². The van der Waals surface area contributed by atoms with Gasteiger partial charge in [-0.25, -0.2) is 13.1 Å². The van der Waals surface area contributed by atoms with E-state index in [1.54, 1.807) is 24.3 Å². The number of aryl methyl sites for hydroxylation is 2. The third-order valence-electron chi connectivity index (χ3n) is 4.29. The largest absolute Gasteiger partial charge is 0.297 e. The highest BCUT2D eigenvalue weighted by Gasteiger charge is 2.23. The van der Waals surface area contributed by atoms with Crippen LogP contribution in [0.3, 0.4) is 0 Å². The maximum absolute atomic E-state index is 12.6. The lowest BCUT2D eigenvalue weighted by atomic mass is 10.1. The second-order valence-electron chi connectivity index (χ2n) is 6.83. The molecule has 1 atom stereocenters. The van der Waals surface area contributed by atoms with Crippen LogP contribution in [0.25, 0.3) is 0 Å². The van der Waals surface area contributed by atoms with Crippen molar-refractivity contribution in [3.8, 4) is 0 Å². The van der Waals surface area contributed by atoms with Crippen LogP contribution >= 0.6 is 0 Å². The summed E-state index contributed by atoms with van der Waals surface area (Å²) < 4.78 is 57.8. The van der Waals surface area contributed by atoms with E-state index in [-0.39, 0.29) is 16.4 Å². The average molecular weight is 426 g/mol. The summed E-state index contributed by atoms with van der Waals surface area (Å²) in [5, 5.41) is 0. The van der Waals surface area contributed by atoms with Gasteiger partial charge in [-0.3, -0.25) is 4.18 Å². The van der Waals surface area contributed by atoms with Crippen LogP contribution in [0.4, 0.5) is 0 Å². The summed E-state index contributed by atoms with van der Waals surface area (Å²) in [5.74, 6) is 0. The van der Waals surface area contributed by atoms with Crippen LogP contribution < -0.4 is 4.72 Å². The fourth-order valence-corrected chi connectivity index (χ4v) is 4.78. The number of sulfonamides is 1. The first-order valence-electron chi connectivity index (χ1n) is 9.19. The predicted molar refractivity (Wildman–Crippen MR) is 109 cm³/mol. The molecular formula is C20H27NO5S2. The Morgan fingerprint density at radius 1 is 0.857 bits per heavy atom. The molecule has 0 unspecified atom stereocenters. The van der Waals surface area contributed by atoms with E-state index in [0.717, 1.165) is 24.0 Å². The minimum Gasteiger partial charge on any atom is -0.265 e. The molecule has 0 aliphatic carbocycles. The second-order valence-corrected chi connectivity index (χ2v) is 10.2. The Morgan fingerprint density at radius 2 is 1.36 bits per heavy atom. The summed E-state index contributed by atoms with van der Waals surface area (Å²) in [5.41, 5.74) is 1.89. The molecule has 0 heterocycles. The third-order valence-corrected chi connectivity index (χ3v) is 7.13. The van der Waals surface area contributed by atoms with Crippen molar-refractivity contribution in [2.24, 2.45) is 0 Å². The van der Waals surface area contributed by atoms with Crippen LogP contribution in [0.15, 0.2) is 58.3 Å². The lowest BCUT2D eigenvalue weighted by Crippen LogP contribution is -2.38. The van der Waals surface area contributed by atoms with Crippen LogP contribution in [0.2, 0.25) is 0 Å². The zero-order chi connectivity index (χ0) is 20.8. The van der Waals surface area contributed by atoms with Gasteiger partial charge in [0, 0.05) is 6.04 Å². The fourth-order valence-electron chi connectivity index (χ4n) is 2.58. The number of unbranched alkanes of at least 4 members (excludes halogenated alkanes) is 1. The minimum absolute atomic E-state index is 0.0498. The highest BCUT2D eigenvalue weighted by atomic mass is 32.2. The van der Waals surface area contributed by atoms with Gasteiger partial charge in [-0.15, -0.1) is 0 Å². The molecule has 0 saturated heterocycles. The third kappa shape index (κ3) is 6.41. The number of rotatable bonds is 10. The second kappa shape index (κ2) is 9.65. The standard InChI is InChI=1S/C20H27NO5S2/c1-4-5-6-18(21-27(22,23)19-11-7-16(2)8-12-19)15-26-28(24,25)20-13-9-17(3)10-14-20/h7-14,18,21H,4-6,15H2,1-3H3/t18-/m0/s1. The first kappa shape index (κ1) is 22.5. The Bertz CT molecular complexity index is 966. The SMILES string of the molecule is CCCC[C@@H](COS(=O)(=O)c1ccc(C)cc1)NS(=O)(=O)c1ccc(C)cc1. The van der Waals surface area contributed by atoms with E-state index in [1.807, 2.05) is 20.8 Å². The van der Waals surface area contributed by atoms with Gasteiger partial charge < -0.3 is 0 Å². The van der Waals surface area contributed by atoms with E-state index in [9.17, 15) is 16.8 Å². The molecule has 1 N–H and O–H groups in total. The Hall–Kier alpha value is -1.74. The van der Waals surface area contributed by atoms with Gasteiger partial charge in [0.2, 0.25) is 10.0 Å². The van der Waals surface area contributed by atoms with Crippen molar-refractivity contribution in [2.45, 2.75) is 55.9 Å². The summed E-state index contributed by atoms with van der Waals surface area (Å²) in [4.78, 5) is 0.190. The molecule has 2 rings (SSSR count). The number of benzene rings is 2. The Labute approximate surface area is 168 Å². The van der Waals surface area contributed by atoms with E-state index >= 15 is 0 Å². The highest BCUT2D eigenvalue weighted by Crippen LogP contribution is 2.16. The van der Waals surface area contributed by atoms with E-state index in [0.29, 0.717) is 6.42 Å². The first-order valence-corrected chi connectivity index (χ1v) is 12.1. The van der Waals surface area contributed by atoms with Gasteiger partial charge in [0.1, 0.15) is 0 Å². The quantitative estimate of drug-likeness (QED) is 0.588. The van der Waals surface area contributed by atoms with E-state index in [2.05, 4.69) is 4.72 Å². The molecule has 2 aromatic rings. The lowest BCUT2D eigenvalue weighted by molar-refractivity contribution is 0.273. The van der Waals surface area contributed by atoms with Gasteiger partial charge in [-0.05, 0) is 44.5 Å². The number of hydrogen-bond donors (Lipinski definition) is 1. The zero-order valence-corrected chi connectivity index (χ0v) is 18.0. The fraction of sp³-hybridized carbons (Fsp3) is 0.400. The molecule has 0 aliphatic heterocycles. The Morgan fingerprint density at radius 3 is 1.86 bits per heavy atom. The van der Waals surface area contributed by atoms with Crippen molar-refractivity contribution in [1.82, 2.24) is 4.72 Å². The molecule has 0 fully saturated rings. The molecule has 6 nitrogen and oxygen atoms in total. The van der Waals surface area contributed by atoms with Crippen molar-refractivity contribution >= 4 is 20.1 Å². The van der Waals surface area contributed by atoms with Crippen LogP contribution in [-0.2, 0) is 24.3 Å². The summed E-state index contributed by atoms with van der Waals surface area (Å²) >= 11 is 0. The number of nitrogens with one attached hydrogen (secondary N) is 1. The molecule has 28 heavy (non-hydrogen) atoms. The molecule has 0 aromatic heterocycles. The summed E-state index contributed by atoms with van der Waals surface area (Å²) in [6.45, 7) is 5.45. The average Bonchev–Trinajstić information content (AvgIpc) is 2.64. The van der Waals surface area contributed by atoms with Crippen molar-refractivity contribution in [1.29, 1.82) is 0 Å². The monoisotopic (exact) mass is 425 g/mol. The smallest absolute Gasteiger partial charge is 0.265 e.